The predicted molar refractivity (Wildman–Crippen MR) is 75.4 cm³/mol. The van der Waals surface area contributed by atoms with Crippen LogP contribution in [0.25, 0.3) is 10.9 Å². The van der Waals surface area contributed by atoms with E-state index in [2.05, 4.69) is 42.2 Å². The number of H-pyrrole nitrogens is 1. The summed E-state index contributed by atoms with van der Waals surface area (Å²) in [5.74, 6) is 0. The first-order chi connectivity index (χ1) is 8.69. The Hall–Kier alpha value is -2.06. The fourth-order valence-corrected chi connectivity index (χ4v) is 2.48. The number of aromatic nitrogens is 1. The maximum atomic E-state index is 6.57. The van der Waals surface area contributed by atoms with Gasteiger partial charge in [0.05, 0.1) is 5.54 Å². The summed E-state index contributed by atoms with van der Waals surface area (Å²) in [5, 5.41) is 1.19. The molecule has 0 aliphatic carbocycles. The van der Waals surface area contributed by atoms with Gasteiger partial charge in [0.15, 0.2) is 0 Å². The van der Waals surface area contributed by atoms with Gasteiger partial charge in [0, 0.05) is 17.1 Å². The quantitative estimate of drug-likeness (QED) is 0.703. The molecule has 0 radical (unpaired) electrons. The minimum absolute atomic E-state index is 0.483. The lowest BCUT2D eigenvalue weighted by Crippen LogP contribution is -2.34. The van der Waals surface area contributed by atoms with E-state index in [0.717, 1.165) is 16.6 Å². The van der Waals surface area contributed by atoms with Gasteiger partial charge in [-0.05, 0) is 30.2 Å². The standard InChI is InChI=1S/C16H16N2/c1-16(17,12-6-3-2-4-7-12)14-8-5-9-15-13(14)10-11-18-15/h2-11,18H,17H2,1H3. The molecule has 1 aromatic heterocycles. The Kier molecular flexibility index (Phi) is 2.46. The van der Waals surface area contributed by atoms with Crippen molar-refractivity contribution in [1.29, 1.82) is 0 Å². The van der Waals surface area contributed by atoms with Crippen LogP contribution >= 0.6 is 0 Å². The van der Waals surface area contributed by atoms with Crippen molar-refractivity contribution in [3.63, 3.8) is 0 Å². The first-order valence-corrected chi connectivity index (χ1v) is 6.10. The predicted octanol–water partition coefficient (Wildman–Crippen LogP) is 3.39. The first-order valence-electron chi connectivity index (χ1n) is 6.10. The average Bonchev–Trinajstić information content (AvgIpc) is 2.87. The second-order valence-electron chi connectivity index (χ2n) is 4.81. The Labute approximate surface area is 106 Å². The van der Waals surface area contributed by atoms with Gasteiger partial charge in [0.25, 0.3) is 0 Å². The summed E-state index contributed by atoms with van der Waals surface area (Å²) < 4.78 is 0. The van der Waals surface area contributed by atoms with E-state index in [-0.39, 0.29) is 0 Å². The minimum Gasteiger partial charge on any atom is -0.361 e. The molecule has 2 heteroatoms. The zero-order valence-corrected chi connectivity index (χ0v) is 10.4. The number of fused-ring (bicyclic) bond motifs is 1. The summed E-state index contributed by atoms with van der Waals surface area (Å²) in [6.45, 7) is 2.06. The van der Waals surface area contributed by atoms with E-state index in [0.29, 0.717) is 0 Å². The molecule has 2 aromatic carbocycles. The van der Waals surface area contributed by atoms with Gasteiger partial charge in [0.1, 0.15) is 0 Å². The molecule has 0 spiro atoms. The van der Waals surface area contributed by atoms with Gasteiger partial charge in [-0.1, -0.05) is 42.5 Å². The molecule has 18 heavy (non-hydrogen) atoms. The summed E-state index contributed by atoms with van der Waals surface area (Å²) in [6.07, 6.45) is 1.95. The molecule has 0 bridgehead atoms. The molecule has 0 fully saturated rings. The summed E-state index contributed by atoms with van der Waals surface area (Å²) in [7, 11) is 0. The van der Waals surface area contributed by atoms with Gasteiger partial charge in [-0.2, -0.15) is 0 Å². The van der Waals surface area contributed by atoms with E-state index in [1.54, 1.807) is 0 Å². The molecule has 0 amide bonds. The second-order valence-corrected chi connectivity index (χ2v) is 4.81. The zero-order valence-electron chi connectivity index (χ0n) is 10.4. The van der Waals surface area contributed by atoms with E-state index in [1.807, 2.05) is 30.5 Å². The Morgan fingerprint density at radius 3 is 2.50 bits per heavy atom. The molecule has 3 aromatic rings. The molecule has 3 rings (SSSR count). The van der Waals surface area contributed by atoms with Crippen molar-refractivity contribution in [3.8, 4) is 0 Å². The van der Waals surface area contributed by atoms with Gasteiger partial charge in [-0.25, -0.2) is 0 Å². The molecular formula is C16H16N2. The van der Waals surface area contributed by atoms with E-state index in [1.165, 1.54) is 5.39 Å². The summed E-state index contributed by atoms with van der Waals surface area (Å²) in [6, 6.07) is 18.5. The van der Waals surface area contributed by atoms with Crippen molar-refractivity contribution < 1.29 is 0 Å². The Morgan fingerprint density at radius 1 is 0.944 bits per heavy atom. The first kappa shape index (κ1) is 11.1. The van der Waals surface area contributed by atoms with Crippen LogP contribution in [-0.2, 0) is 5.54 Å². The fourth-order valence-electron chi connectivity index (χ4n) is 2.48. The third-order valence-corrected chi connectivity index (χ3v) is 3.53. The van der Waals surface area contributed by atoms with E-state index < -0.39 is 5.54 Å². The van der Waals surface area contributed by atoms with Gasteiger partial charge in [-0.15, -0.1) is 0 Å². The lowest BCUT2D eigenvalue weighted by atomic mass is 9.84. The van der Waals surface area contributed by atoms with Crippen LogP contribution in [0.5, 0.6) is 0 Å². The number of hydrogen-bond donors (Lipinski definition) is 2. The van der Waals surface area contributed by atoms with Crippen LogP contribution in [0.3, 0.4) is 0 Å². The van der Waals surface area contributed by atoms with Crippen molar-refractivity contribution in [2.24, 2.45) is 5.73 Å². The molecule has 90 valence electrons. The van der Waals surface area contributed by atoms with Crippen LogP contribution in [0.15, 0.2) is 60.8 Å². The highest BCUT2D eigenvalue weighted by Crippen LogP contribution is 2.31. The number of aromatic amines is 1. The second kappa shape index (κ2) is 4.00. The third-order valence-electron chi connectivity index (χ3n) is 3.53. The largest absolute Gasteiger partial charge is 0.361 e. The average molecular weight is 236 g/mol. The maximum Gasteiger partial charge on any atom is 0.0643 e. The molecule has 1 heterocycles. The molecule has 1 unspecified atom stereocenters. The summed E-state index contributed by atoms with van der Waals surface area (Å²) in [4.78, 5) is 3.23. The normalized spacial score (nSPS) is 14.6. The monoisotopic (exact) mass is 236 g/mol. The fraction of sp³-hybridized carbons (Fsp3) is 0.125. The van der Waals surface area contributed by atoms with Crippen LogP contribution in [0, 0.1) is 0 Å². The van der Waals surface area contributed by atoms with Gasteiger partial charge in [0.2, 0.25) is 0 Å². The molecule has 0 saturated carbocycles. The minimum atomic E-state index is -0.483. The van der Waals surface area contributed by atoms with Crippen molar-refractivity contribution in [1.82, 2.24) is 4.98 Å². The highest BCUT2D eigenvalue weighted by Gasteiger charge is 2.25. The highest BCUT2D eigenvalue weighted by atomic mass is 14.7. The SMILES string of the molecule is CC(N)(c1ccccc1)c1cccc2[nH]ccc12. The Morgan fingerprint density at radius 2 is 1.72 bits per heavy atom. The lowest BCUT2D eigenvalue weighted by molar-refractivity contribution is 0.609. The number of rotatable bonds is 2. The van der Waals surface area contributed by atoms with Crippen LogP contribution in [0.4, 0.5) is 0 Å². The summed E-state index contributed by atoms with van der Waals surface area (Å²) >= 11 is 0. The van der Waals surface area contributed by atoms with Gasteiger partial charge in [-0.3, -0.25) is 0 Å². The highest BCUT2D eigenvalue weighted by molar-refractivity contribution is 5.84. The van der Waals surface area contributed by atoms with Crippen LogP contribution < -0.4 is 5.73 Å². The van der Waals surface area contributed by atoms with Crippen LogP contribution in [0.2, 0.25) is 0 Å². The van der Waals surface area contributed by atoms with E-state index >= 15 is 0 Å². The summed E-state index contributed by atoms with van der Waals surface area (Å²) in [5.41, 5.74) is 9.48. The number of nitrogens with two attached hydrogens (primary N) is 1. The number of nitrogens with one attached hydrogen (secondary N) is 1. The van der Waals surface area contributed by atoms with E-state index in [9.17, 15) is 0 Å². The topological polar surface area (TPSA) is 41.8 Å². The molecule has 0 aliphatic heterocycles. The van der Waals surface area contributed by atoms with Gasteiger partial charge < -0.3 is 10.7 Å². The number of benzene rings is 2. The van der Waals surface area contributed by atoms with Crippen molar-refractivity contribution in [2.45, 2.75) is 12.5 Å². The molecule has 3 N–H and O–H groups in total. The van der Waals surface area contributed by atoms with E-state index in [4.69, 9.17) is 5.73 Å². The molecule has 1 atom stereocenters. The van der Waals surface area contributed by atoms with Crippen LogP contribution in [0.1, 0.15) is 18.1 Å². The Bertz CT molecular complexity index is 666. The maximum absolute atomic E-state index is 6.57. The zero-order chi connectivity index (χ0) is 12.6. The van der Waals surface area contributed by atoms with Crippen molar-refractivity contribution in [2.75, 3.05) is 0 Å². The van der Waals surface area contributed by atoms with Crippen LogP contribution in [-0.4, -0.2) is 4.98 Å². The molecule has 0 saturated heterocycles. The van der Waals surface area contributed by atoms with Gasteiger partial charge >= 0.3 is 0 Å². The molecular weight excluding hydrogens is 220 g/mol. The third kappa shape index (κ3) is 1.62. The Balaban J connectivity index is 2.22. The molecule has 0 aliphatic rings. The molecule has 2 nitrogen and oxygen atoms in total. The lowest BCUT2D eigenvalue weighted by Gasteiger charge is -2.26. The van der Waals surface area contributed by atoms with Crippen molar-refractivity contribution >= 4 is 10.9 Å². The smallest absolute Gasteiger partial charge is 0.0643 e. The van der Waals surface area contributed by atoms with Crippen molar-refractivity contribution in [3.05, 3.63) is 71.9 Å². The number of hydrogen-bond acceptors (Lipinski definition) is 1.